The normalized spacial score (nSPS) is 24.3. The quantitative estimate of drug-likeness (QED) is 0.405. The average molecular weight is 478 g/mol. The molecule has 1 aromatic carbocycles. The van der Waals surface area contributed by atoms with Crippen LogP contribution in [0.5, 0.6) is 0 Å². The second-order valence-corrected chi connectivity index (χ2v) is 8.88. The number of benzene rings is 1. The number of carbonyl (C=O) groups excluding carboxylic acids is 1. The molecule has 7 heteroatoms. The monoisotopic (exact) mass is 477 g/mol. The first-order valence-electron chi connectivity index (χ1n) is 11.0. The van der Waals surface area contributed by atoms with E-state index in [1.165, 1.54) is 30.4 Å². The van der Waals surface area contributed by atoms with Crippen molar-refractivity contribution in [3.8, 4) is 0 Å². The second kappa shape index (κ2) is 9.60. The number of rotatable bonds is 4. The number of nitrogens with one attached hydrogen (secondary N) is 1. The molecule has 0 unspecified atom stereocenters. The molecule has 1 saturated heterocycles. The summed E-state index contributed by atoms with van der Waals surface area (Å²) in [5.74, 6) is -0.582. The Bertz CT molecular complexity index is 916. The first-order chi connectivity index (χ1) is 14.0. The van der Waals surface area contributed by atoms with Crippen LogP contribution in [0.25, 0.3) is 11.0 Å². The molecule has 1 fully saturated rings. The number of hydrogen-bond donors (Lipinski definition) is 1. The van der Waals surface area contributed by atoms with Crippen LogP contribution in [0.1, 0.15) is 62.3 Å². The minimum atomic E-state index is -0.582. The summed E-state index contributed by atoms with van der Waals surface area (Å²) in [5.41, 5.74) is 3.31. The van der Waals surface area contributed by atoms with E-state index in [2.05, 4.69) is 25.2 Å². The highest BCUT2D eigenvalue weighted by molar-refractivity contribution is 6.43. The van der Waals surface area contributed by atoms with Crippen molar-refractivity contribution in [3.63, 3.8) is 0 Å². The maximum atomic E-state index is 12.7. The Balaban J connectivity index is 0.00000256. The van der Waals surface area contributed by atoms with Gasteiger partial charge in [0.15, 0.2) is 11.3 Å². The van der Waals surface area contributed by atoms with Gasteiger partial charge in [-0.15, -0.1) is 0 Å². The van der Waals surface area contributed by atoms with Gasteiger partial charge in [-0.3, -0.25) is 5.41 Å². The van der Waals surface area contributed by atoms with E-state index < -0.39 is 5.97 Å². The van der Waals surface area contributed by atoms with Crippen LogP contribution in [0, 0.1) is 5.41 Å². The Hall–Kier alpha value is -1.73. The molecule has 0 radical (unpaired) electrons. The third-order valence-electron chi connectivity index (χ3n) is 6.93. The largest absolute Gasteiger partial charge is 1.00 e. The maximum absolute atomic E-state index is 12.7. The number of aryl methyl sites for hydroxylation is 2. The molecule has 1 aliphatic carbocycles. The lowest BCUT2D eigenvalue weighted by Gasteiger charge is -2.39. The predicted octanol–water partition coefficient (Wildman–Crippen LogP) is 1.03. The molecule has 0 bridgehead atoms. The van der Waals surface area contributed by atoms with Crippen molar-refractivity contribution in [2.24, 2.45) is 0 Å². The van der Waals surface area contributed by atoms with Crippen molar-refractivity contribution >= 4 is 22.7 Å². The lowest BCUT2D eigenvalue weighted by Crippen LogP contribution is -3.00. The van der Waals surface area contributed by atoms with Gasteiger partial charge in [0.05, 0.1) is 32.1 Å². The zero-order valence-corrected chi connectivity index (χ0v) is 19.6. The zero-order valence-electron chi connectivity index (χ0n) is 18.0. The van der Waals surface area contributed by atoms with Crippen LogP contribution in [-0.4, -0.2) is 54.1 Å². The molecule has 2 heterocycles. The number of piperidine rings is 1. The van der Waals surface area contributed by atoms with Crippen molar-refractivity contribution in [3.05, 3.63) is 29.0 Å². The number of ether oxygens (including phenoxy) is 1. The fourth-order valence-electron chi connectivity index (χ4n) is 4.72. The minimum Gasteiger partial charge on any atom is -1.00 e. The summed E-state index contributed by atoms with van der Waals surface area (Å²) in [5, 5.41) is 13.4. The van der Waals surface area contributed by atoms with Gasteiger partial charge in [-0.25, -0.2) is 4.79 Å². The molecule has 0 atom stereocenters. The molecule has 1 aromatic heterocycles. The minimum absolute atomic E-state index is 0. The Labute approximate surface area is 188 Å². The number of hydrogen-bond acceptors (Lipinski definition) is 5. The SMILES string of the molecule is CC[N+]1(C)CCC(OC(=O)C(=N)c2noc3ccc4c(c23)CCCCCC4)CC1.[Br-]. The van der Waals surface area contributed by atoms with Crippen LogP contribution in [0.4, 0.5) is 0 Å². The summed E-state index contributed by atoms with van der Waals surface area (Å²) >= 11 is 0. The molecular weight excluding hydrogens is 446 g/mol. The Morgan fingerprint density at radius 1 is 1.20 bits per heavy atom. The molecule has 2 aliphatic rings. The van der Waals surface area contributed by atoms with E-state index >= 15 is 0 Å². The molecule has 0 spiro atoms. The van der Waals surface area contributed by atoms with Gasteiger partial charge in [-0.1, -0.05) is 24.1 Å². The van der Waals surface area contributed by atoms with Crippen LogP contribution in [-0.2, 0) is 22.4 Å². The summed E-state index contributed by atoms with van der Waals surface area (Å²) in [6, 6.07) is 4.04. The van der Waals surface area contributed by atoms with Crippen LogP contribution >= 0.6 is 0 Å². The number of carbonyl (C=O) groups is 1. The van der Waals surface area contributed by atoms with Gasteiger partial charge in [0, 0.05) is 12.8 Å². The van der Waals surface area contributed by atoms with E-state index in [1.807, 2.05) is 6.07 Å². The van der Waals surface area contributed by atoms with Gasteiger partial charge < -0.3 is 30.7 Å². The summed E-state index contributed by atoms with van der Waals surface area (Å²) < 4.78 is 12.2. The summed E-state index contributed by atoms with van der Waals surface area (Å²) in [6.45, 7) is 5.29. The van der Waals surface area contributed by atoms with E-state index in [-0.39, 0.29) is 28.8 Å². The van der Waals surface area contributed by atoms with Crippen LogP contribution in [0.3, 0.4) is 0 Å². The van der Waals surface area contributed by atoms with Crippen molar-refractivity contribution in [1.29, 1.82) is 5.41 Å². The van der Waals surface area contributed by atoms with Gasteiger partial charge in [0.1, 0.15) is 11.8 Å². The first kappa shape index (κ1) is 22.9. The van der Waals surface area contributed by atoms with Gasteiger partial charge in [0.25, 0.3) is 0 Å². The third-order valence-corrected chi connectivity index (χ3v) is 6.93. The Morgan fingerprint density at radius 2 is 1.90 bits per heavy atom. The second-order valence-electron chi connectivity index (χ2n) is 8.88. The van der Waals surface area contributed by atoms with E-state index in [0.29, 0.717) is 11.3 Å². The molecule has 2 aromatic rings. The lowest BCUT2D eigenvalue weighted by atomic mass is 9.90. The fourth-order valence-corrected chi connectivity index (χ4v) is 4.72. The molecule has 30 heavy (non-hydrogen) atoms. The van der Waals surface area contributed by atoms with E-state index in [1.54, 1.807) is 0 Å². The number of aromatic nitrogens is 1. The molecular formula is C23H32BrN3O3. The molecule has 4 rings (SSSR count). The average Bonchev–Trinajstić information content (AvgIpc) is 3.13. The van der Waals surface area contributed by atoms with Crippen molar-refractivity contribution in [1.82, 2.24) is 5.16 Å². The summed E-state index contributed by atoms with van der Waals surface area (Å²) in [7, 11) is 2.25. The van der Waals surface area contributed by atoms with Gasteiger partial charge in [0.2, 0.25) is 0 Å². The number of fused-ring (bicyclic) bond motifs is 3. The first-order valence-corrected chi connectivity index (χ1v) is 11.0. The van der Waals surface area contributed by atoms with Gasteiger partial charge in [-0.2, -0.15) is 0 Å². The van der Waals surface area contributed by atoms with Crippen LogP contribution in [0.15, 0.2) is 16.7 Å². The predicted molar refractivity (Wildman–Crippen MR) is 112 cm³/mol. The molecule has 0 amide bonds. The number of esters is 1. The van der Waals surface area contributed by atoms with E-state index in [0.717, 1.165) is 61.6 Å². The number of quaternary nitrogens is 1. The number of halogens is 1. The molecule has 0 saturated carbocycles. The Kier molecular flexibility index (Phi) is 7.34. The highest BCUT2D eigenvalue weighted by atomic mass is 79.9. The molecule has 164 valence electrons. The summed E-state index contributed by atoms with van der Waals surface area (Å²) in [4.78, 5) is 12.7. The van der Waals surface area contributed by atoms with Crippen molar-refractivity contribution in [2.45, 2.75) is 64.4 Å². The van der Waals surface area contributed by atoms with Crippen LogP contribution in [0.2, 0.25) is 0 Å². The third kappa shape index (κ3) is 4.62. The molecule has 1 N–H and O–H groups in total. The van der Waals surface area contributed by atoms with Gasteiger partial charge >= 0.3 is 5.97 Å². The van der Waals surface area contributed by atoms with Crippen LogP contribution < -0.4 is 17.0 Å². The number of nitrogens with zero attached hydrogens (tertiary/aromatic N) is 2. The number of likely N-dealkylation sites (tertiary alicyclic amines) is 1. The van der Waals surface area contributed by atoms with E-state index in [9.17, 15) is 4.79 Å². The topological polar surface area (TPSA) is 76.2 Å². The highest BCUT2D eigenvalue weighted by Crippen LogP contribution is 2.31. The Morgan fingerprint density at radius 3 is 2.60 bits per heavy atom. The summed E-state index contributed by atoms with van der Waals surface area (Å²) in [6.07, 6.45) is 8.32. The van der Waals surface area contributed by atoms with Gasteiger partial charge in [-0.05, 0) is 49.8 Å². The highest BCUT2D eigenvalue weighted by Gasteiger charge is 2.32. The standard InChI is InChI=1S/C23H32N3O3.BrH/c1-3-26(2)14-12-17(13-15-26)28-23(27)21(24)22-20-18-9-7-5-4-6-8-16(18)10-11-19(20)29-25-22;/h10-11,17,24H,3-9,12-15H2,1-2H3;1H/q+1;/p-1. The van der Waals surface area contributed by atoms with Crippen molar-refractivity contribution < 1.29 is 35.5 Å². The zero-order chi connectivity index (χ0) is 20.4. The lowest BCUT2D eigenvalue weighted by molar-refractivity contribution is -0.913. The molecule has 6 nitrogen and oxygen atoms in total. The van der Waals surface area contributed by atoms with Crippen molar-refractivity contribution in [2.75, 3.05) is 26.7 Å². The smallest absolute Gasteiger partial charge is 0.358 e. The fraction of sp³-hybridized carbons (Fsp3) is 0.609. The van der Waals surface area contributed by atoms with E-state index in [4.69, 9.17) is 14.7 Å². The molecule has 1 aliphatic heterocycles. The maximum Gasteiger partial charge on any atom is 0.358 e.